The highest BCUT2D eigenvalue weighted by Crippen LogP contribution is 2.26. The molecule has 1 aromatic carbocycles. The number of methoxy groups -OCH3 is 1. The summed E-state index contributed by atoms with van der Waals surface area (Å²) in [6.45, 7) is 0.225. The number of hydrogen-bond acceptors (Lipinski definition) is 5. The van der Waals surface area contributed by atoms with E-state index in [2.05, 4.69) is 15.6 Å². The molecule has 0 saturated carbocycles. The lowest BCUT2D eigenvalue weighted by Gasteiger charge is -2.05. The zero-order valence-electron chi connectivity index (χ0n) is 10.8. The second-order valence-corrected chi connectivity index (χ2v) is 4.36. The maximum atomic E-state index is 11.1. The molecule has 0 aliphatic carbocycles. The van der Waals surface area contributed by atoms with Crippen molar-refractivity contribution in [3.8, 4) is 11.4 Å². The third kappa shape index (κ3) is 3.25. The van der Waals surface area contributed by atoms with Crippen molar-refractivity contribution in [1.29, 1.82) is 0 Å². The Bertz CT molecular complexity index is 614. The third-order valence-electron chi connectivity index (χ3n) is 2.59. The molecular formula is C12H14ClN5O2. The van der Waals surface area contributed by atoms with Gasteiger partial charge < -0.3 is 15.8 Å². The van der Waals surface area contributed by atoms with E-state index >= 15 is 0 Å². The molecule has 0 atom stereocenters. The average molecular weight is 296 g/mol. The molecule has 3 N–H and O–H groups in total. The van der Waals surface area contributed by atoms with Crippen LogP contribution in [0.2, 0.25) is 5.02 Å². The maximum Gasteiger partial charge on any atom is 0.234 e. The summed E-state index contributed by atoms with van der Waals surface area (Å²) in [5.41, 5.74) is 6.58. The molecule has 0 spiro atoms. The Labute approximate surface area is 120 Å². The van der Waals surface area contributed by atoms with Crippen LogP contribution in [0, 0.1) is 0 Å². The first kappa shape index (κ1) is 14.3. The van der Waals surface area contributed by atoms with Crippen LogP contribution in [0.5, 0.6) is 5.75 Å². The number of carbonyl (C=O) groups is 1. The van der Waals surface area contributed by atoms with Crippen molar-refractivity contribution in [2.24, 2.45) is 5.73 Å². The highest BCUT2D eigenvalue weighted by atomic mass is 35.5. The number of carbonyl (C=O) groups excluding carboxylic acids is 1. The summed E-state index contributed by atoms with van der Waals surface area (Å²) in [5, 5.41) is 11.1. The topological polar surface area (TPSA) is 95.1 Å². The monoisotopic (exact) mass is 295 g/mol. The standard InChI is InChI=1S/C12H14ClN5O2/c1-20-11-4-9(2-3-10(11)13)18-7-8(16-17-18)6-15-12(19)5-14/h2-4,7H,5-6,14H2,1H3,(H,15,19). The molecule has 0 saturated heterocycles. The predicted molar refractivity (Wildman–Crippen MR) is 73.8 cm³/mol. The van der Waals surface area contributed by atoms with E-state index in [1.807, 2.05) is 0 Å². The molecule has 8 heteroatoms. The molecular weight excluding hydrogens is 282 g/mol. The molecule has 0 unspecified atom stereocenters. The van der Waals surface area contributed by atoms with E-state index in [1.54, 1.807) is 36.2 Å². The summed E-state index contributed by atoms with van der Waals surface area (Å²) in [4.78, 5) is 11.1. The number of amides is 1. The lowest BCUT2D eigenvalue weighted by Crippen LogP contribution is -2.29. The van der Waals surface area contributed by atoms with Crippen molar-refractivity contribution in [3.05, 3.63) is 35.1 Å². The molecule has 1 heterocycles. The van der Waals surface area contributed by atoms with Crippen molar-refractivity contribution in [2.45, 2.75) is 6.54 Å². The first-order chi connectivity index (χ1) is 9.63. The van der Waals surface area contributed by atoms with Crippen molar-refractivity contribution in [3.63, 3.8) is 0 Å². The minimum Gasteiger partial charge on any atom is -0.495 e. The average Bonchev–Trinajstić information content (AvgIpc) is 2.94. The summed E-state index contributed by atoms with van der Waals surface area (Å²) in [5.74, 6) is 0.311. The van der Waals surface area contributed by atoms with Gasteiger partial charge in [-0.25, -0.2) is 4.68 Å². The number of ether oxygens (including phenoxy) is 1. The number of aromatic nitrogens is 3. The molecule has 106 valence electrons. The molecule has 2 aromatic rings. The molecule has 7 nitrogen and oxygen atoms in total. The Morgan fingerprint density at radius 3 is 3.05 bits per heavy atom. The number of halogens is 1. The summed E-state index contributed by atoms with van der Waals surface area (Å²) in [6.07, 6.45) is 1.71. The highest BCUT2D eigenvalue weighted by Gasteiger charge is 2.07. The lowest BCUT2D eigenvalue weighted by atomic mass is 10.3. The molecule has 0 fully saturated rings. The Morgan fingerprint density at radius 2 is 2.35 bits per heavy atom. The fourth-order valence-corrected chi connectivity index (χ4v) is 1.75. The largest absolute Gasteiger partial charge is 0.495 e. The molecule has 0 radical (unpaired) electrons. The van der Waals surface area contributed by atoms with E-state index in [0.717, 1.165) is 5.69 Å². The predicted octanol–water partition coefficient (Wildman–Crippen LogP) is 0.504. The summed E-state index contributed by atoms with van der Waals surface area (Å²) in [7, 11) is 1.54. The van der Waals surface area contributed by atoms with Gasteiger partial charge in [0.2, 0.25) is 5.91 Å². The highest BCUT2D eigenvalue weighted by molar-refractivity contribution is 6.32. The van der Waals surface area contributed by atoms with Gasteiger partial charge in [0, 0.05) is 6.07 Å². The Balaban J connectivity index is 2.14. The molecule has 0 aliphatic heterocycles. The minimum atomic E-state index is -0.243. The van der Waals surface area contributed by atoms with E-state index in [0.29, 0.717) is 16.5 Å². The van der Waals surface area contributed by atoms with E-state index < -0.39 is 0 Å². The van der Waals surface area contributed by atoms with Gasteiger partial charge in [-0.1, -0.05) is 16.8 Å². The van der Waals surface area contributed by atoms with Gasteiger partial charge in [0.1, 0.15) is 11.4 Å². The van der Waals surface area contributed by atoms with Gasteiger partial charge in [-0.15, -0.1) is 5.10 Å². The first-order valence-corrected chi connectivity index (χ1v) is 6.23. The van der Waals surface area contributed by atoms with Crippen LogP contribution in [0.4, 0.5) is 0 Å². The summed E-state index contributed by atoms with van der Waals surface area (Å²) >= 11 is 5.96. The second kappa shape index (κ2) is 6.36. The van der Waals surface area contributed by atoms with E-state index in [9.17, 15) is 4.79 Å². The van der Waals surface area contributed by atoms with Crippen LogP contribution in [0.15, 0.2) is 24.4 Å². The molecule has 1 aromatic heterocycles. The van der Waals surface area contributed by atoms with Gasteiger partial charge in [0.25, 0.3) is 0 Å². The van der Waals surface area contributed by atoms with Gasteiger partial charge >= 0.3 is 0 Å². The number of nitrogens with zero attached hydrogens (tertiary/aromatic N) is 3. The van der Waals surface area contributed by atoms with E-state index in [4.69, 9.17) is 22.1 Å². The Morgan fingerprint density at radius 1 is 1.55 bits per heavy atom. The SMILES string of the molecule is COc1cc(-n2cc(CNC(=O)CN)nn2)ccc1Cl. The summed E-state index contributed by atoms with van der Waals surface area (Å²) < 4.78 is 6.72. The number of hydrogen-bond donors (Lipinski definition) is 2. The number of rotatable bonds is 5. The molecule has 0 bridgehead atoms. The second-order valence-electron chi connectivity index (χ2n) is 3.95. The number of nitrogens with two attached hydrogens (primary N) is 1. The zero-order valence-corrected chi connectivity index (χ0v) is 11.6. The van der Waals surface area contributed by atoms with Gasteiger partial charge in [0.05, 0.1) is 37.1 Å². The van der Waals surface area contributed by atoms with Crippen molar-refractivity contribution >= 4 is 17.5 Å². The maximum absolute atomic E-state index is 11.1. The van der Waals surface area contributed by atoms with Crippen molar-refractivity contribution < 1.29 is 9.53 Å². The van der Waals surface area contributed by atoms with Crippen LogP contribution in [-0.4, -0.2) is 34.6 Å². The van der Waals surface area contributed by atoms with Gasteiger partial charge in [-0.2, -0.15) is 0 Å². The lowest BCUT2D eigenvalue weighted by molar-refractivity contribution is -0.119. The van der Waals surface area contributed by atoms with Crippen LogP contribution in [-0.2, 0) is 11.3 Å². The van der Waals surface area contributed by atoms with Gasteiger partial charge in [-0.05, 0) is 12.1 Å². The number of nitrogens with one attached hydrogen (secondary N) is 1. The first-order valence-electron chi connectivity index (χ1n) is 5.86. The zero-order chi connectivity index (χ0) is 14.5. The van der Waals surface area contributed by atoms with Gasteiger partial charge in [-0.3, -0.25) is 4.79 Å². The van der Waals surface area contributed by atoms with Crippen molar-refractivity contribution in [1.82, 2.24) is 20.3 Å². The van der Waals surface area contributed by atoms with Crippen LogP contribution in [0.25, 0.3) is 5.69 Å². The Hall–Kier alpha value is -2.12. The molecule has 1 amide bonds. The minimum absolute atomic E-state index is 0.0531. The van der Waals surface area contributed by atoms with Crippen LogP contribution in [0.1, 0.15) is 5.69 Å². The third-order valence-corrected chi connectivity index (χ3v) is 2.90. The number of benzene rings is 1. The van der Waals surface area contributed by atoms with Crippen molar-refractivity contribution in [2.75, 3.05) is 13.7 Å². The molecule has 20 heavy (non-hydrogen) atoms. The molecule has 2 rings (SSSR count). The van der Waals surface area contributed by atoms with Crippen LogP contribution in [0.3, 0.4) is 0 Å². The molecule has 0 aliphatic rings. The van der Waals surface area contributed by atoms with Gasteiger partial charge in [0.15, 0.2) is 0 Å². The van der Waals surface area contributed by atoms with Crippen LogP contribution < -0.4 is 15.8 Å². The fraction of sp³-hybridized carbons (Fsp3) is 0.250. The normalized spacial score (nSPS) is 10.3. The smallest absolute Gasteiger partial charge is 0.234 e. The van der Waals surface area contributed by atoms with Crippen LogP contribution >= 0.6 is 11.6 Å². The van der Waals surface area contributed by atoms with E-state index in [-0.39, 0.29) is 19.0 Å². The van der Waals surface area contributed by atoms with E-state index in [1.165, 1.54) is 0 Å². The Kier molecular flexibility index (Phi) is 4.54. The quantitative estimate of drug-likeness (QED) is 0.838. The fourth-order valence-electron chi connectivity index (χ4n) is 1.56. The summed E-state index contributed by atoms with van der Waals surface area (Å²) in [6, 6.07) is 5.26.